The molecule has 2 rings (SSSR count). The first-order valence-corrected chi connectivity index (χ1v) is 6.10. The fraction of sp³-hybridized carbons (Fsp3) is 0.357. The molecule has 2 aromatic rings. The van der Waals surface area contributed by atoms with Gasteiger partial charge in [0.25, 0.3) is 6.01 Å². The van der Waals surface area contributed by atoms with Gasteiger partial charge in [0.15, 0.2) is 11.5 Å². The van der Waals surface area contributed by atoms with Crippen molar-refractivity contribution in [2.45, 2.75) is 12.8 Å². The third-order valence-corrected chi connectivity index (χ3v) is 2.88. The normalized spacial score (nSPS) is 10.3. The highest BCUT2D eigenvalue weighted by Gasteiger charge is 2.06. The molecule has 0 saturated heterocycles. The van der Waals surface area contributed by atoms with Gasteiger partial charge < -0.3 is 19.2 Å². The zero-order valence-electron chi connectivity index (χ0n) is 11.4. The van der Waals surface area contributed by atoms with Crippen LogP contribution in [0, 0.1) is 0 Å². The zero-order chi connectivity index (χ0) is 13.7. The van der Waals surface area contributed by atoms with Crippen molar-refractivity contribution in [3.05, 3.63) is 35.7 Å². The third kappa shape index (κ3) is 3.19. The Morgan fingerprint density at radius 3 is 2.58 bits per heavy atom. The van der Waals surface area contributed by atoms with E-state index in [0.717, 1.165) is 30.1 Å². The molecule has 1 heterocycles. The van der Waals surface area contributed by atoms with Crippen LogP contribution in [0.4, 0.5) is 6.01 Å². The molecule has 1 aromatic carbocycles. The van der Waals surface area contributed by atoms with Crippen LogP contribution in [0.3, 0.4) is 0 Å². The Bertz CT molecular complexity index is 537. The van der Waals surface area contributed by atoms with Gasteiger partial charge in [0.1, 0.15) is 5.76 Å². The monoisotopic (exact) mass is 262 g/mol. The number of hydrogen-bond acceptors (Lipinski definition) is 5. The second kappa shape index (κ2) is 6.13. The van der Waals surface area contributed by atoms with Crippen molar-refractivity contribution in [2.75, 3.05) is 26.6 Å². The molecule has 0 amide bonds. The fourth-order valence-corrected chi connectivity index (χ4v) is 1.84. The van der Waals surface area contributed by atoms with E-state index < -0.39 is 0 Å². The van der Waals surface area contributed by atoms with E-state index in [-0.39, 0.29) is 0 Å². The van der Waals surface area contributed by atoms with Crippen LogP contribution >= 0.6 is 0 Å². The van der Waals surface area contributed by atoms with Crippen molar-refractivity contribution in [2.24, 2.45) is 0 Å². The molecule has 0 aliphatic rings. The Kier molecular flexibility index (Phi) is 4.28. The summed E-state index contributed by atoms with van der Waals surface area (Å²) < 4.78 is 16.0. The number of benzene rings is 1. The number of ether oxygens (including phenoxy) is 2. The van der Waals surface area contributed by atoms with Crippen molar-refractivity contribution in [3.8, 4) is 11.5 Å². The number of aryl methyl sites for hydroxylation is 2. The molecule has 0 spiro atoms. The van der Waals surface area contributed by atoms with Crippen LogP contribution < -0.4 is 14.8 Å². The molecule has 0 fully saturated rings. The molecule has 0 atom stereocenters. The van der Waals surface area contributed by atoms with Gasteiger partial charge in [0.05, 0.1) is 20.4 Å². The number of oxazole rings is 1. The van der Waals surface area contributed by atoms with Crippen molar-refractivity contribution >= 4 is 6.01 Å². The van der Waals surface area contributed by atoms with Crippen molar-refractivity contribution in [1.29, 1.82) is 0 Å². The molecular weight excluding hydrogens is 244 g/mol. The molecule has 1 N–H and O–H groups in total. The van der Waals surface area contributed by atoms with Gasteiger partial charge >= 0.3 is 0 Å². The van der Waals surface area contributed by atoms with Crippen molar-refractivity contribution in [1.82, 2.24) is 4.98 Å². The second-order valence-electron chi connectivity index (χ2n) is 4.07. The van der Waals surface area contributed by atoms with Gasteiger partial charge in [-0.05, 0) is 24.1 Å². The van der Waals surface area contributed by atoms with Crippen molar-refractivity contribution < 1.29 is 13.9 Å². The lowest BCUT2D eigenvalue weighted by Crippen LogP contribution is -1.94. The molecule has 0 aliphatic carbocycles. The second-order valence-corrected chi connectivity index (χ2v) is 4.07. The van der Waals surface area contributed by atoms with E-state index in [4.69, 9.17) is 13.9 Å². The minimum absolute atomic E-state index is 0.544. The summed E-state index contributed by atoms with van der Waals surface area (Å²) >= 11 is 0. The molecule has 19 heavy (non-hydrogen) atoms. The molecule has 0 aliphatic heterocycles. The molecule has 102 valence electrons. The summed E-state index contributed by atoms with van der Waals surface area (Å²) in [6, 6.07) is 6.46. The summed E-state index contributed by atoms with van der Waals surface area (Å²) in [5.41, 5.74) is 1.17. The highest BCUT2D eigenvalue weighted by Crippen LogP contribution is 2.28. The number of anilines is 1. The third-order valence-electron chi connectivity index (χ3n) is 2.88. The summed E-state index contributed by atoms with van der Waals surface area (Å²) in [5.74, 6) is 2.34. The zero-order valence-corrected chi connectivity index (χ0v) is 11.4. The highest BCUT2D eigenvalue weighted by atomic mass is 16.5. The average Bonchev–Trinajstić information content (AvgIpc) is 2.92. The fourth-order valence-electron chi connectivity index (χ4n) is 1.84. The molecule has 0 saturated carbocycles. The van der Waals surface area contributed by atoms with Gasteiger partial charge in [-0.1, -0.05) is 6.07 Å². The first-order valence-electron chi connectivity index (χ1n) is 6.10. The van der Waals surface area contributed by atoms with Crippen LogP contribution in [0.1, 0.15) is 11.3 Å². The van der Waals surface area contributed by atoms with Crippen molar-refractivity contribution in [3.63, 3.8) is 0 Å². The number of hydrogen-bond donors (Lipinski definition) is 1. The Balaban J connectivity index is 2.03. The minimum Gasteiger partial charge on any atom is -0.493 e. The summed E-state index contributed by atoms with van der Waals surface area (Å²) in [4.78, 5) is 4.09. The Morgan fingerprint density at radius 2 is 1.95 bits per heavy atom. The minimum atomic E-state index is 0.544. The van der Waals surface area contributed by atoms with E-state index in [0.29, 0.717) is 6.01 Å². The Labute approximate surface area is 112 Å². The van der Waals surface area contributed by atoms with Crippen LogP contribution in [-0.4, -0.2) is 26.3 Å². The highest BCUT2D eigenvalue weighted by molar-refractivity contribution is 5.43. The van der Waals surface area contributed by atoms with Gasteiger partial charge in [-0.25, -0.2) is 4.98 Å². The molecule has 5 heteroatoms. The van der Waals surface area contributed by atoms with E-state index in [9.17, 15) is 0 Å². The van der Waals surface area contributed by atoms with Gasteiger partial charge in [0.2, 0.25) is 0 Å². The maximum atomic E-state index is 5.48. The molecule has 1 aromatic heterocycles. The summed E-state index contributed by atoms with van der Waals surface area (Å²) in [5, 5.41) is 2.86. The van der Waals surface area contributed by atoms with Crippen LogP contribution in [0.15, 0.2) is 28.8 Å². The maximum absolute atomic E-state index is 5.48. The SMILES string of the molecule is CNc1ncc(CCc2ccc(OC)c(OC)c2)o1. The number of nitrogens with one attached hydrogen (secondary N) is 1. The van der Waals surface area contributed by atoms with E-state index >= 15 is 0 Å². The van der Waals surface area contributed by atoms with Crippen LogP contribution in [0.2, 0.25) is 0 Å². The summed E-state index contributed by atoms with van der Waals surface area (Å²) in [6.45, 7) is 0. The van der Waals surface area contributed by atoms with Gasteiger partial charge in [-0.3, -0.25) is 0 Å². The quantitative estimate of drug-likeness (QED) is 0.867. The van der Waals surface area contributed by atoms with Crippen LogP contribution in [0.5, 0.6) is 11.5 Å². The van der Waals surface area contributed by atoms with Gasteiger partial charge in [0, 0.05) is 13.5 Å². The number of methoxy groups -OCH3 is 2. The molecule has 0 radical (unpaired) electrons. The molecular formula is C14H18N2O3. The molecule has 0 unspecified atom stereocenters. The van der Waals surface area contributed by atoms with E-state index in [2.05, 4.69) is 10.3 Å². The lowest BCUT2D eigenvalue weighted by Gasteiger charge is -2.09. The smallest absolute Gasteiger partial charge is 0.294 e. The Morgan fingerprint density at radius 1 is 1.16 bits per heavy atom. The number of nitrogens with zero attached hydrogens (tertiary/aromatic N) is 1. The average molecular weight is 262 g/mol. The maximum Gasteiger partial charge on any atom is 0.294 e. The first kappa shape index (κ1) is 13.3. The van der Waals surface area contributed by atoms with E-state index in [1.165, 1.54) is 5.56 Å². The molecule has 5 nitrogen and oxygen atoms in total. The topological polar surface area (TPSA) is 56.5 Å². The summed E-state index contributed by atoms with van der Waals surface area (Å²) in [6.07, 6.45) is 3.40. The van der Waals surface area contributed by atoms with E-state index in [1.807, 2.05) is 18.2 Å². The van der Waals surface area contributed by atoms with Crippen LogP contribution in [-0.2, 0) is 12.8 Å². The number of aromatic nitrogens is 1. The number of rotatable bonds is 6. The lowest BCUT2D eigenvalue weighted by atomic mass is 10.1. The van der Waals surface area contributed by atoms with Gasteiger partial charge in [-0.2, -0.15) is 0 Å². The predicted molar refractivity (Wildman–Crippen MR) is 73.0 cm³/mol. The van der Waals surface area contributed by atoms with E-state index in [1.54, 1.807) is 27.5 Å². The van der Waals surface area contributed by atoms with Crippen LogP contribution in [0.25, 0.3) is 0 Å². The standard InChI is InChI=1S/C14H18N2O3/c1-15-14-16-9-11(19-14)6-4-10-5-7-12(17-2)13(8-10)18-3/h5,7-9H,4,6H2,1-3H3,(H,15,16). The molecule has 0 bridgehead atoms. The Hall–Kier alpha value is -2.17. The first-order chi connectivity index (χ1) is 9.26. The summed E-state index contributed by atoms with van der Waals surface area (Å²) in [7, 11) is 5.05. The lowest BCUT2D eigenvalue weighted by molar-refractivity contribution is 0.354. The largest absolute Gasteiger partial charge is 0.493 e. The van der Waals surface area contributed by atoms with Gasteiger partial charge in [-0.15, -0.1) is 0 Å². The predicted octanol–water partition coefficient (Wildman–Crippen LogP) is 2.52.